The molecule has 0 bridgehead atoms. The van der Waals surface area contributed by atoms with Gasteiger partial charge in [-0.05, 0) is 24.1 Å². The Bertz CT molecular complexity index is 394. The molecule has 0 aromatic heterocycles. The fourth-order valence-corrected chi connectivity index (χ4v) is 2.39. The third kappa shape index (κ3) is 2.62. The average molecular weight is 283 g/mol. The summed E-state index contributed by atoms with van der Waals surface area (Å²) >= 11 is 3.42. The lowest BCUT2D eigenvalue weighted by Gasteiger charge is -2.21. The third-order valence-corrected chi connectivity index (χ3v) is 3.36. The lowest BCUT2D eigenvalue weighted by molar-refractivity contribution is -0.127. The third-order valence-electron chi connectivity index (χ3n) is 2.87. The van der Waals surface area contributed by atoms with E-state index in [4.69, 9.17) is 5.73 Å². The van der Waals surface area contributed by atoms with Crippen LogP contribution in [0.5, 0.6) is 0 Å². The normalized spacial score (nSPS) is 17.9. The molecular weight excluding hydrogens is 268 g/mol. The average Bonchev–Trinajstić information content (AvgIpc) is 2.64. The summed E-state index contributed by atoms with van der Waals surface area (Å²) in [6, 6.07) is 7.84. The monoisotopic (exact) mass is 282 g/mol. The van der Waals surface area contributed by atoms with E-state index < -0.39 is 0 Å². The Morgan fingerprint density at radius 2 is 2.31 bits per heavy atom. The fraction of sp³-hybridized carbons (Fsp3) is 0.417. The van der Waals surface area contributed by atoms with Gasteiger partial charge in [-0.15, -0.1) is 0 Å². The first-order valence-electron chi connectivity index (χ1n) is 5.45. The fourth-order valence-electron chi connectivity index (χ4n) is 1.98. The second kappa shape index (κ2) is 4.97. The van der Waals surface area contributed by atoms with Gasteiger partial charge in [-0.25, -0.2) is 0 Å². The molecular formula is C12H15BrN2O. The minimum atomic E-state index is -0.0976. The Morgan fingerprint density at radius 1 is 1.50 bits per heavy atom. The number of carbonyl (C=O) groups is 1. The minimum Gasteiger partial charge on any atom is -0.341 e. The summed E-state index contributed by atoms with van der Waals surface area (Å²) in [5.74, 6) is 0.227. The number of hydrogen-bond acceptors (Lipinski definition) is 2. The van der Waals surface area contributed by atoms with Gasteiger partial charge in [0.15, 0.2) is 0 Å². The highest BCUT2D eigenvalue weighted by atomic mass is 79.9. The van der Waals surface area contributed by atoms with E-state index in [0.29, 0.717) is 13.0 Å². The van der Waals surface area contributed by atoms with Crippen molar-refractivity contribution in [1.82, 2.24) is 4.90 Å². The van der Waals surface area contributed by atoms with Gasteiger partial charge in [0, 0.05) is 30.0 Å². The van der Waals surface area contributed by atoms with Crippen LogP contribution in [-0.2, 0) is 4.79 Å². The van der Waals surface area contributed by atoms with Crippen LogP contribution in [0, 0.1) is 0 Å². The Hall–Kier alpha value is -0.870. The number of amides is 1. The second-order valence-electron chi connectivity index (χ2n) is 4.10. The molecule has 16 heavy (non-hydrogen) atoms. The van der Waals surface area contributed by atoms with Crippen LogP contribution in [0.15, 0.2) is 28.7 Å². The summed E-state index contributed by atoms with van der Waals surface area (Å²) in [6.07, 6.45) is 1.63. The number of hydrogen-bond donors (Lipinski definition) is 1. The minimum absolute atomic E-state index is 0.0976. The second-order valence-corrected chi connectivity index (χ2v) is 5.02. The molecule has 1 fully saturated rings. The Balaban J connectivity index is 2.02. The molecule has 0 radical (unpaired) electrons. The maximum Gasteiger partial charge on any atom is 0.222 e. The lowest BCUT2D eigenvalue weighted by atomic mass is 10.1. The molecule has 1 saturated heterocycles. The molecule has 0 spiro atoms. The van der Waals surface area contributed by atoms with E-state index >= 15 is 0 Å². The Kier molecular flexibility index (Phi) is 3.61. The van der Waals surface area contributed by atoms with Crippen LogP contribution in [0.3, 0.4) is 0 Å². The van der Waals surface area contributed by atoms with E-state index in [1.165, 1.54) is 0 Å². The predicted molar refractivity (Wildman–Crippen MR) is 66.9 cm³/mol. The van der Waals surface area contributed by atoms with Crippen LogP contribution < -0.4 is 5.73 Å². The van der Waals surface area contributed by atoms with Gasteiger partial charge in [-0.3, -0.25) is 4.79 Å². The summed E-state index contributed by atoms with van der Waals surface area (Å²) in [5, 5.41) is 0. The highest BCUT2D eigenvalue weighted by molar-refractivity contribution is 9.10. The summed E-state index contributed by atoms with van der Waals surface area (Å²) in [7, 11) is 0. The molecule has 1 aliphatic heterocycles. The van der Waals surface area contributed by atoms with Gasteiger partial charge in [-0.2, -0.15) is 0 Å². The van der Waals surface area contributed by atoms with Gasteiger partial charge in [0.2, 0.25) is 5.91 Å². The van der Waals surface area contributed by atoms with Crippen LogP contribution in [-0.4, -0.2) is 23.9 Å². The van der Waals surface area contributed by atoms with Crippen LogP contribution in [0.4, 0.5) is 0 Å². The van der Waals surface area contributed by atoms with Crippen LogP contribution in [0.2, 0.25) is 0 Å². The van der Waals surface area contributed by atoms with E-state index in [0.717, 1.165) is 23.0 Å². The SMILES string of the molecule is NC(CN1CCCC1=O)c1cccc(Br)c1. The van der Waals surface area contributed by atoms with Crippen molar-refractivity contribution in [3.63, 3.8) is 0 Å². The van der Waals surface area contributed by atoms with Crippen molar-refractivity contribution in [3.05, 3.63) is 34.3 Å². The van der Waals surface area contributed by atoms with Gasteiger partial charge in [0.1, 0.15) is 0 Å². The lowest BCUT2D eigenvalue weighted by Crippen LogP contribution is -2.33. The molecule has 4 heteroatoms. The molecule has 1 atom stereocenters. The van der Waals surface area contributed by atoms with E-state index in [1.54, 1.807) is 0 Å². The summed E-state index contributed by atoms with van der Waals surface area (Å²) < 4.78 is 1.02. The van der Waals surface area contributed by atoms with Crippen molar-refractivity contribution in [1.29, 1.82) is 0 Å². The molecule has 3 nitrogen and oxygen atoms in total. The number of likely N-dealkylation sites (tertiary alicyclic amines) is 1. The maximum atomic E-state index is 11.5. The van der Waals surface area contributed by atoms with Gasteiger partial charge in [-0.1, -0.05) is 28.1 Å². The summed E-state index contributed by atoms with van der Waals surface area (Å²) in [4.78, 5) is 13.3. The number of nitrogens with zero attached hydrogens (tertiary/aromatic N) is 1. The number of benzene rings is 1. The van der Waals surface area contributed by atoms with Gasteiger partial charge >= 0.3 is 0 Å². The number of halogens is 1. The zero-order chi connectivity index (χ0) is 11.5. The largest absolute Gasteiger partial charge is 0.341 e. The van der Waals surface area contributed by atoms with Crippen molar-refractivity contribution in [2.24, 2.45) is 5.73 Å². The van der Waals surface area contributed by atoms with Crippen molar-refractivity contribution < 1.29 is 4.79 Å². The Morgan fingerprint density at radius 3 is 2.94 bits per heavy atom. The van der Waals surface area contributed by atoms with Crippen LogP contribution in [0.1, 0.15) is 24.4 Å². The first-order valence-corrected chi connectivity index (χ1v) is 6.25. The molecule has 1 heterocycles. The topological polar surface area (TPSA) is 46.3 Å². The van der Waals surface area contributed by atoms with E-state index in [2.05, 4.69) is 15.9 Å². The van der Waals surface area contributed by atoms with Gasteiger partial charge in [0.25, 0.3) is 0 Å². The molecule has 0 saturated carbocycles. The maximum absolute atomic E-state index is 11.5. The van der Waals surface area contributed by atoms with Crippen molar-refractivity contribution in [2.75, 3.05) is 13.1 Å². The summed E-state index contributed by atoms with van der Waals surface area (Å²) in [6.45, 7) is 1.47. The summed E-state index contributed by atoms with van der Waals surface area (Å²) in [5.41, 5.74) is 7.16. The molecule has 1 unspecified atom stereocenters. The molecule has 0 aliphatic carbocycles. The number of rotatable bonds is 3. The number of carbonyl (C=O) groups excluding carboxylic acids is 1. The first-order chi connectivity index (χ1) is 7.66. The van der Waals surface area contributed by atoms with E-state index in [9.17, 15) is 4.79 Å². The standard InChI is InChI=1S/C12H15BrN2O/c13-10-4-1-3-9(7-10)11(14)8-15-6-2-5-12(15)16/h1,3-4,7,11H,2,5-6,8,14H2. The molecule has 86 valence electrons. The zero-order valence-corrected chi connectivity index (χ0v) is 10.6. The highest BCUT2D eigenvalue weighted by Gasteiger charge is 2.22. The predicted octanol–water partition coefficient (Wildman–Crippen LogP) is 2.07. The van der Waals surface area contributed by atoms with Gasteiger partial charge in [0.05, 0.1) is 0 Å². The van der Waals surface area contributed by atoms with Crippen LogP contribution >= 0.6 is 15.9 Å². The number of nitrogens with two attached hydrogens (primary N) is 1. The Labute approximate surface area is 104 Å². The van der Waals surface area contributed by atoms with Crippen LogP contribution in [0.25, 0.3) is 0 Å². The van der Waals surface area contributed by atoms with Crippen molar-refractivity contribution >= 4 is 21.8 Å². The molecule has 1 aliphatic rings. The molecule has 1 aromatic rings. The molecule has 2 N–H and O–H groups in total. The molecule has 1 amide bonds. The first kappa shape index (κ1) is 11.6. The van der Waals surface area contributed by atoms with E-state index in [-0.39, 0.29) is 11.9 Å². The molecule has 1 aromatic carbocycles. The smallest absolute Gasteiger partial charge is 0.222 e. The quantitative estimate of drug-likeness (QED) is 0.923. The zero-order valence-electron chi connectivity index (χ0n) is 9.03. The van der Waals surface area contributed by atoms with Gasteiger partial charge < -0.3 is 10.6 Å². The highest BCUT2D eigenvalue weighted by Crippen LogP contribution is 2.19. The molecule has 2 rings (SSSR count). The van der Waals surface area contributed by atoms with Crippen molar-refractivity contribution in [2.45, 2.75) is 18.9 Å². The van der Waals surface area contributed by atoms with E-state index in [1.807, 2.05) is 29.2 Å². The van der Waals surface area contributed by atoms with Crippen molar-refractivity contribution in [3.8, 4) is 0 Å².